The lowest BCUT2D eigenvalue weighted by Crippen LogP contribution is -2.22. The number of anilines is 1. The van der Waals surface area contributed by atoms with Gasteiger partial charge in [0.25, 0.3) is 0 Å². The maximum absolute atomic E-state index is 12.3. The molecule has 2 saturated carbocycles. The average molecular weight is 285 g/mol. The van der Waals surface area contributed by atoms with Crippen LogP contribution in [0.5, 0.6) is 5.75 Å². The summed E-state index contributed by atoms with van der Waals surface area (Å²) in [6.45, 7) is 0.736. The zero-order valence-electron chi connectivity index (χ0n) is 11.1. The van der Waals surface area contributed by atoms with Gasteiger partial charge in [-0.15, -0.1) is 13.2 Å². The number of hydrogen-bond acceptors (Lipinski definition) is 2. The van der Waals surface area contributed by atoms with Crippen molar-refractivity contribution in [3.63, 3.8) is 0 Å². The Kier molecular flexibility index (Phi) is 3.52. The Balaban J connectivity index is 1.62. The zero-order valence-corrected chi connectivity index (χ0v) is 11.1. The maximum Gasteiger partial charge on any atom is 0.573 e. The largest absolute Gasteiger partial charge is 0.573 e. The van der Waals surface area contributed by atoms with Gasteiger partial charge in [0.1, 0.15) is 0 Å². The first-order valence-corrected chi connectivity index (χ1v) is 7.10. The third-order valence-electron chi connectivity index (χ3n) is 4.55. The smallest absolute Gasteiger partial charge is 0.404 e. The van der Waals surface area contributed by atoms with Crippen LogP contribution in [0.4, 0.5) is 18.9 Å². The van der Waals surface area contributed by atoms with E-state index in [9.17, 15) is 13.2 Å². The van der Waals surface area contributed by atoms with E-state index in [4.69, 9.17) is 0 Å². The van der Waals surface area contributed by atoms with Crippen molar-refractivity contribution < 1.29 is 17.9 Å². The molecular weight excluding hydrogens is 267 g/mol. The Labute approximate surface area is 116 Å². The summed E-state index contributed by atoms with van der Waals surface area (Å²) in [6, 6.07) is 6.24. The molecule has 0 aliphatic heterocycles. The second-order valence-electron chi connectivity index (χ2n) is 5.86. The van der Waals surface area contributed by atoms with E-state index in [2.05, 4.69) is 10.1 Å². The molecule has 0 spiro atoms. The van der Waals surface area contributed by atoms with Gasteiger partial charge in [0.2, 0.25) is 0 Å². The molecule has 110 valence electrons. The van der Waals surface area contributed by atoms with Gasteiger partial charge in [-0.2, -0.15) is 0 Å². The molecule has 1 aromatic carbocycles. The average Bonchev–Trinajstić information content (AvgIpc) is 2.98. The van der Waals surface area contributed by atoms with Crippen LogP contribution in [-0.2, 0) is 0 Å². The minimum Gasteiger partial charge on any atom is -0.404 e. The number of rotatable bonds is 4. The van der Waals surface area contributed by atoms with Gasteiger partial charge in [-0.3, -0.25) is 0 Å². The van der Waals surface area contributed by atoms with Crippen LogP contribution < -0.4 is 10.1 Å². The van der Waals surface area contributed by atoms with Gasteiger partial charge in [-0.05, 0) is 49.1 Å². The molecule has 0 heterocycles. The molecule has 2 aliphatic rings. The summed E-state index contributed by atoms with van der Waals surface area (Å²) in [5.41, 5.74) is 0.424. The quantitative estimate of drug-likeness (QED) is 0.883. The van der Waals surface area contributed by atoms with Crippen molar-refractivity contribution in [2.75, 3.05) is 11.9 Å². The van der Waals surface area contributed by atoms with Gasteiger partial charge >= 0.3 is 6.36 Å². The summed E-state index contributed by atoms with van der Waals surface area (Å²) in [5.74, 6) is 2.03. The highest BCUT2D eigenvalue weighted by Gasteiger charge is 2.39. The van der Waals surface area contributed by atoms with Crippen molar-refractivity contribution in [1.82, 2.24) is 0 Å². The molecule has 1 aromatic rings. The second-order valence-corrected chi connectivity index (χ2v) is 5.86. The number of hydrogen-bond donors (Lipinski definition) is 1. The molecule has 2 aliphatic carbocycles. The van der Waals surface area contributed by atoms with Gasteiger partial charge in [0.15, 0.2) is 5.75 Å². The van der Waals surface area contributed by atoms with Crippen LogP contribution in [0.25, 0.3) is 0 Å². The molecule has 1 N–H and O–H groups in total. The minimum atomic E-state index is -4.65. The number of nitrogens with one attached hydrogen (secondary N) is 1. The van der Waals surface area contributed by atoms with Gasteiger partial charge < -0.3 is 10.1 Å². The van der Waals surface area contributed by atoms with E-state index >= 15 is 0 Å². The lowest BCUT2D eigenvalue weighted by Gasteiger charge is -2.23. The fourth-order valence-corrected chi connectivity index (χ4v) is 3.69. The molecule has 0 amide bonds. The van der Waals surface area contributed by atoms with Crippen molar-refractivity contribution >= 4 is 5.69 Å². The topological polar surface area (TPSA) is 21.3 Å². The summed E-state index contributed by atoms with van der Waals surface area (Å²) >= 11 is 0. The lowest BCUT2D eigenvalue weighted by atomic mass is 9.89. The molecule has 5 heteroatoms. The molecule has 2 bridgehead atoms. The van der Waals surface area contributed by atoms with Crippen molar-refractivity contribution in [1.29, 1.82) is 0 Å². The number of para-hydroxylation sites is 2. The van der Waals surface area contributed by atoms with Crippen molar-refractivity contribution in [2.24, 2.45) is 17.8 Å². The number of halogens is 3. The van der Waals surface area contributed by atoms with E-state index in [1.54, 1.807) is 18.2 Å². The first-order chi connectivity index (χ1) is 9.51. The molecule has 0 radical (unpaired) electrons. The molecule has 3 rings (SSSR count). The van der Waals surface area contributed by atoms with E-state index in [-0.39, 0.29) is 5.75 Å². The summed E-state index contributed by atoms with van der Waals surface area (Å²) in [5, 5.41) is 3.14. The van der Waals surface area contributed by atoms with Crippen molar-refractivity contribution in [2.45, 2.75) is 32.0 Å². The van der Waals surface area contributed by atoms with Crippen LogP contribution in [0.3, 0.4) is 0 Å². The highest BCUT2D eigenvalue weighted by molar-refractivity contribution is 5.56. The lowest BCUT2D eigenvalue weighted by molar-refractivity contribution is -0.274. The fourth-order valence-electron chi connectivity index (χ4n) is 3.69. The van der Waals surface area contributed by atoms with Crippen LogP contribution in [0.15, 0.2) is 24.3 Å². The molecule has 2 fully saturated rings. The van der Waals surface area contributed by atoms with E-state index in [0.717, 1.165) is 18.4 Å². The van der Waals surface area contributed by atoms with Gasteiger partial charge in [-0.25, -0.2) is 0 Å². The van der Waals surface area contributed by atoms with Crippen molar-refractivity contribution in [3.05, 3.63) is 24.3 Å². The summed E-state index contributed by atoms with van der Waals surface area (Å²) in [6.07, 6.45) is 0.462. The van der Waals surface area contributed by atoms with E-state index in [1.807, 2.05) is 0 Å². The molecule has 0 aromatic heterocycles. The standard InChI is InChI=1S/C15H18F3NO/c16-15(17,18)20-14-4-2-1-3-13(14)19-9-12-8-10-5-6-11(12)7-10/h1-4,10-12,19H,5-9H2. The summed E-state index contributed by atoms with van der Waals surface area (Å²) in [7, 11) is 0. The Hall–Kier alpha value is -1.39. The van der Waals surface area contributed by atoms with Crippen LogP contribution >= 0.6 is 0 Å². The van der Waals surface area contributed by atoms with E-state index < -0.39 is 6.36 Å². The first kappa shape index (κ1) is 13.6. The highest BCUT2D eigenvalue weighted by Crippen LogP contribution is 2.48. The summed E-state index contributed by atoms with van der Waals surface area (Å²) in [4.78, 5) is 0. The predicted molar refractivity (Wildman–Crippen MR) is 70.6 cm³/mol. The Morgan fingerprint density at radius 1 is 1.15 bits per heavy atom. The Morgan fingerprint density at radius 3 is 2.60 bits per heavy atom. The third kappa shape index (κ3) is 3.02. The number of fused-ring (bicyclic) bond motifs is 2. The summed E-state index contributed by atoms with van der Waals surface area (Å²) < 4.78 is 41.1. The Morgan fingerprint density at radius 2 is 1.95 bits per heavy atom. The number of ether oxygens (including phenoxy) is 1. The van der Waals surface area contributed by atoms with Crippen LogP contribution in [0.1, 0.15) is 25.7 Å². The fraction of sp³-hybridized carbons (Fsp3) is 0.600. The number of alkyl halides is 3. The van der Waals surface area contributed by atoms with Crippen molar-refractivity contribution in [3.8, 4) is 5.75 Å². The number of benzene rings is 1. The molecule has 2 nitrogen and oxygen atoms in total. The first-order valence-electron chi connectivity index (χ1n) is 7.10. The van der Waals surface area contributed by atoms with E-state index in [0.29, 0.717) is 11.6 Å². The SMILES string of the molecule is FC(F)(F)Oc1ccccc1NCC1CC2CCC1C2. The van der Waals surface area contributed by atoms with E-state index in [1.165, 1.54) is 31.7 Å². The molecule has 20 heavy (non-hydrogen) atoms. The Bertz CT molecular complexity index is 474. The molecule has 3 unspecified atom stereocenters. The molecule has 0 saturated heterocycles. The molecule has 3 atom stereocenters. The normalized spacial score (nSPS) is 28.6. The predicted octanol–water partition coefficient (Wildman–Crippen LogP) is 4.43. The second kappa shape index (κ2) is 5.19. The maximum atomic E-state index is 12.3. The monoisotopic (exact) mass is 285 g/mol. The highest BCUT2D eigenvalue weighted by atomic mass is 19.4. The van der Waals surface area contributed by atoms with Gasteiger partial charge in [0, 0.05) is 6.54 Å². The van der Waals surface area contributed by atoms with Crippen LogP contribution in [0.2, 0.25) is 0 Å². The van der Waals surface area contributed by atoms with Crippen LogP contribution in [0, 0.1) is 17.8 Å². The minimum absolute atomic E-state index is 0.150. The van der Waals surface area contributed by atoms with Gasteiger partial charge in [-0.1, -0.05) is 18.6 Å². The van der Waals surface area contributed by atoms with Gasteiger partial charge in [0.05, 0.1) is 5.69 Å². The zero-order chi connectivity index (χ0) is 14.2. The van der Waals surface area contributed by atoms with Crippen LogP contribution in [-0.4, -0.2) is 12.9 Å². The third-order valence-corrected chi connectivity index (χ3v) is 4.55. The molecular formula is C15H18F3NO.